The molecule has 100 valence electrons. The Morgan fingerprint density at radius 2 is 2.00 bits per heavy atom. The van der Waals surface area contributed by atoms with E-state index in [4.69, 9.17) is 5.41 Å². The average Bonchev–Trinajstić information content (AvgIpc) is 3.31. The van der Waals surface area contributed by atoms with Crippen molar-refractivity contribution in [2.45, 2.75) is 25.7 Å². The Kier molecular flexibility index (Phi) is 3.23. The van der Waals surface area contributed by atoms with Gasteiger partial charge < -0.3 is 16.0 Å². The van der Waals surface area contributed by atoms with E-state index in [-0.39, 0.29) is 0 Å². The molecule has 0 unspecified atom stereocenters. The maximum Gasteiger partial charge on any atom is 0.130 e. The van der Waals surface area contributed by atoms with Gasteiger partial charge >= 0.3 is 0 Å². The SMILES string of the molecule is CNc1ccc(N/C(=C\C(=N)C2CC2)C2CC2)nc1. The van der Waals surface area contributed by atoms with Crippen LogP contribution in [0.15, 0.2) is 30.1 Å². The van der Waals surface area contributed by atoms with Crippen molar-refractivity contribution in [3.05, 3.63) is 30.1 Å². The minimum atomic E-state index is 0.509. The van der Waals surface area contributed by atoms with Gasteiger partial charge in [0.1, 0.15) is 5.82 Å². The second-order valence-electron chi connectivity index (χ2n) is 5.41. The Hall–Kier alpha value is -1.84. The predicted octanol–water partition coefficient (Wildman–Crippen LogP) is 3.26. The van der Waals surface area contributed by atoms with Crippen molar-refractivity contribution in [3.63, 3.8) is 0 Å². The predicted molar refractivity (Wildman–Crippen MR) is 78.7 cm³/mol. The quantitative estimate of drug-likeness (QED) is 0.685. The van der Waals surface area contributed by atoms with E-state index in [1.807, 2.05) is 31.5 Å². The number of allylic oxidation sites excluding steroid dienone is 2. The first-order chi connectivity index (χ1) is 9.26. The van der Waals surface area contributed by atoms with Crippen LogP contribution in [0.25, 0.3) is 0 Å². The maximum atomic E-state index is 8.04. The minimum Gasteiger partial charge on any atom is -0.387 e. The Balaban J connectivity index is 1.71. The van der Waals surface area contributed by atoms with Gasteiger partial charge in [-0.25, -0.2) is 4.98 Å². The monoisotopic (exact) mass is 256 g/mol. The van der Waals surface area contributed by atoms with E-state index in [2.05, 4.69) is 15.6 Å². The Morgan fingerprint density at radius 1 is 1.26 bits per heavy atom. The number of pyridine rings is 1. The Bertz CT molecular complexity index is 495. The highest BCUT2D eigenvalue weighted by Gasteiger charge is 2.30. The zero-order valence-corrected chi connectivity index (χ0v) is 11.2. The van der Waals surface area contributed by atoms with Crippen LogP contribution in [0.4, 0.5) is 11.5 Å². The number of nitrogens with one attached hydrogen (secondary N) is 3. The molecule has 4 heteroatoms. The van der Waals surface area contributed by atoms with Crippen LogP contribution < -0.4 is 10.6 Å². The van der Waals surface area contributed by atoms with Crippen molar-refractivity contribution in [1.29, 1.82) is 5.41 Å². The molecule has 0 atom stereocenters. The van der Waals surface area contributed by atoms with E-state index in [0.29, 0.717) is 11.8 Å². The fraction of sp³-hybridized carbons (Fsp3) is 0.467. The molecule has 0 aliphatic heterocycles. The molecule has 0 radical (unpaired) electrons. The highest BCUT2D eigenvalue weighted by Crippen LogP contribution is 2.38. The van der Waals surface area contributed by atoms with E-state index in [1.165, 1.54) is 31.4 Å². The third-order valence-electron chi connectivity index (χ3n) is 3.67. The minimum absolute atomic E-state index is 0.509. The molecule has 1 aromatic rings. The fourth-order valence-corrected chi connectivity index (χ4v) is 2.09. The second kappa shape index (κ2) is 5.03. The third kappa shape index (κ3) is 3.13. The molecule has 4 nitrogen and oxygen atoms in total. The molecular formula is C15H20N4. The number of hydrogen-bond acceptors (Lipinski definition) is 4. The molecule has 3 rings (SSSR count). The number of hydrogen-bond donors (Lipinski definition) is 3. The van der Waals surface area contributed by atoms with E-state index in [0.717, 1.165) is 17.2 Å². The lowest BCUT2D eigenvalue weighted by atomic mass is 10.1. The van der Waals surface area contributed by atoms with Gasteiger partial charge in [-0.1, -0.05) is 0 Å². The van der Waals surface area contributed by atoms with Crippen LogP contribution >= 0.6 is 0 Å². The van der Waals surface area contributed by atoms with Gasteiger partial charge in [0.05, 0.1) is 11.9 Å². The highest BCUT2D eigenvalue weighted by atomic mass is 15.0. The van der Waals surface area contributed by atoms with Gasteiger partial charge in [-0.05, 0) is 49.8 Å². The van der Waals surface area contributed by atoms with Crippen molar-refractivity contribution < 1.29 is 0 Å². The lowest BCUT2D eigenvalue weighted by molar-refractivity contribution is 1.00. The summed E-state index contributed by atoms with van der Waals surface area (Å²) in [6.45, 7) is 0. The van der Waals surface area contributed by atoms with Crippen LogP contribution in [0.3, 0.4) is 0 Å². The van der Waals surface area contributed by atoms with Crippen LogP contribution in [0.2, 0.25) is 0 Å². The van der Waals surface area contributed by atoms with Gasteiger partial charge in [0.15, 0.2) is 0 Å². The maximum absolute atomic E-state index is 8.04. The summed E-state index contributed by atoms with van der Waals surface area (Å²) >= 11 is 0. The molecule has 2 saturated carbocycles. The van der Waals surface area contributed by atoms with Crippen molar-refractivity contribution in [2.24, 2.45) is 11.8 Å². The van der Waals surface area contributed by atoms with Gasteiger partial charge in [-0.3, -0.25) is 0 Å². The molecular weight excluding hydrogens is 236 g/mol. The zero-order chi connectivity index (χ0) is 13.2. The van der Waals surface area contributed by atoms with Crippen LogP contribution in [-0.4, -0.2) is 17.7 Å². The fourth-order valence-electron chi connectivity index (χ4n) is 2.09. The zero-order valence-electron chi connectivity index (χ0n) is 11.2. The van der Waals surface area contributed by atoms with Crippen LogP contribution in [0.1, 0.15) is 25.7 Å². The molecule has 0 amide bonds. The van der Waals surface area contributed by atoms with E-state index >= 15 is 0 Å². The van der Waals surface area contributed by atoms with Gasteiger partial charge in [0.2, 0.25) is 0 Å². The molecule has 1 heterocycles. The summed E-state index contributed by atoms with van der Waals surface area (Å²) in [7, 11) is 1.89. The summed E-state index contributed by atoms with van der Waals surface area (Å²) in [6, 6.07) is 3.98. The summed E-state index contributed by atoms with van der Waals surface area (Å²) in [5.74, 6) is 1.97. The molecule has 2 aliphatic carbocycles. The van der Waals surface area contributed by atoms with E-state index in [1.54, 1.807) is 0 Å². The van der Waals surface area contributed by atoms with Crippen molar-refractivity contribution >= 4 is 17.2 Å². The molecule has 2 fully saturated rings. The lowest BCUT2D eigenvalue weighted by Gasteiger charge is -2.10. The summed E-state index contributed by atoms with van der Waals surface area (Å²) in [5.41, 5.74) is 2.95. The smallest absolute Gasteiger partial charge is 0.130 e. The lowest BCUT2D eigenvalue weighted by Crippen LogP contribution is -2.07. The van der Waals surface area contributed by atoms with Gasteiger partial charge in [-0.15, -0.1) is 0 Å². The molecule has 2 aliphatic rings. The first-order valence-electron chi connectivity index (χ1n) is 6.97. The van der Waals surface area contributed by atoms with Crippen LogP contribution in [0, 0.1) is 17.2 Å². The largest absolute Gasteiger partial charge is 0.387 e. The van der Waals surface area contributed by atoms with E-state index in [9.17, 15) is 0 Å². The highest BCUT2D eigenvalue weighted by molar-refractivity contribution is 5.96. The molecule has 19 heavy (non-hydrogen) atoms. The normalized spacial score (nSPS) is 19.1. The summed E-state index contributed by atoms with van der Waals surface area (Å²) in [4.78, 5) is 4.38. The molecule has 1 aromatic heterocycles. The standard InChI is InChI=1S/C15H20N4/c1-17-12-6-7-15(18-9-12)19-14(11-4-5-11)8-13(16)10-2-3-10/h6-11,16-17H,2-5H2,1H3,(H,18,19)/b14-8-,16-13?. The first-order valence-corrected chi connectivity index (χ1v) is 6.97. The van der Waals surface area contributed by atoms with Crippen molar-refractivity contribution in [2.75, 3.05) is 17.7 Å². The topological polar surface area (TPSA) is 60.8 Å². The summed E-state index contributed by atoms with van der Waals surface area (Å²) in [5, 5.41) is 14.5. The molecule has 0 aromatic carbocycles. The van der Waals surface area contributed by atoms with Gasteiger partial charge in [-0.2, -0.15) is 0 Å². The van der Waals surface area contributed by atoms with Crippen molar-refractivity contribution in [3.8, 4) is 0 Å². The first kappa shape index (κ1) is 12.2. The summed E-state index contributed by atoms with van der Waals surface area (Å²) < 4.78 is 0. The Morgan fingerprint density at radius 3 is 2.53 bits per heavy atom. The Labute approximate surface area is 113 Å². The number of aromatic nitrogens is 1. The molecule has 3 N–H and O–H groups in total. The molecule has 0 saturated heterocycles. The van der Waals surface area contributed by atoms with Crippen LogP contribution in [0.5, 0.6) is 0 Å². The number of rotatable bonds is 6. The number of nitrogens with zero attached hydrogens (tertiary/aromatic N) is 1. The molecule has 0 spiro atoms. The van der Waals surface area contributed by atoms with Crippen LogP contribution in [-0.2, 0) is 0 Å². The average molecular weight is 256 g/mol. The second-order valence-corrected chi connectivity index (χ2v) is 5.41. The third-order valence-corrected chi connectivity index (χ3v) is 3.67. The van der Waals surface area contributed by atoms with E-state index < -0.39 is 0 Å². The molecule has 0 bridgehead atoms. The van der Waals surface area contributed by atoms with Gasteiger partial charge in [0, 0.05) is 24.4 Å². The summed E-state index contributed by atoms with van der Waals surface area (Å²) in [6.07, 6.45) is 8.67. The van der Waals surface area contributed by atoms with Gasteiger partial charge in [0.25, 0.3) is 0 Å². The van der Waals surface area contributed by atoms with Crippen molar-refractivity contribution in [1.82, 2.24) is 4.98 Å². The number of anilines is 2.